The summed E-state index contributed by atoms with van der Waals surface area (Å²) < 4.78 is 1.92. The minimum atomic E-state index is -0.0235. The van der Waals surface area contributed by atoms with Crippen molar-refractivity contribution in [1.29, 1.82) is 0 Å². The Hall–Kier alpha value is -3.26. The first-order valence-electron chi connectivity index (χ1n) is 9.68. The Morgan fingerprint density at radius 3 is 2.87 bits per heavy atom. The van der Waals surface area contributed by atoms with E-state index in [-0.39, 0.29) is 17.4 Å². The lowest BCUT2D eigenvalue weighted by atomic mass is 10.1. The average Bonchev–Trinajstić information content (AvgIpc) is 3.39. The smallest absolute Gasteiger partial charge is 0.227 e. The van der Waals surface area contributed by atoms with Gasteiger partial charge in [-0.05, 0) is 30.7 Å². The van der Waals surface area contributed by atoms with Gasteiger partial charge in [-0.1, -0.05) is 30.0 Å². The van der Waals surface area contributed by atoms with Crippen LogP contribution in [-0.2, 0) is 11.3 Å². The first-order valence-corrected chi connectivity index (χ1v) is 10.7. The van der Waals surface area contributed by atoms with Crippen LogP contribution in [0.4, 0.5) is 5.69 Å². The quantitative estimate of drug-likeness (QED) is 0.315. The van der Waals surface area contributed by atoms with E-state index in [1.54, 1.807) is 35.5 Å². The molecule has 0 bridgehead atoms. The highest BCUT2D eigenvalue weighted by Gasteiger charge is 2.22. The molecule has 0 atom stereocenters. The second-order valence-corrected chi connectivity index (χ2v) is 7.80. The molecule has 0 aliphatic carbocycles. The molecule has 1 aromatic carbocycles. The summed E-state index contributed by atoms with van der Waals surface area (Å²) in [6.07, 6.45) is 6.62. The third kappa shape index (κ3) is 4.18. The molecule has 2 aromatic heterocycles. The molecule has 0 spiro atoms. The highest BCUT2D eigenvalue weighted by molar-refractivity contribution is 7.99. The zero-order chi connectivity index (χ0) is 20.9. The van der Waals surface area contributed by atoms with Gasteiger partial charge in [-0.3, -0.25) is 19.1 Å². The second kappa shape index (κ2) is 9.04. The number of thioether (sulfide) groups is 1. The predicted octanol–water partition coefficient (Wildman–Crippen LogP) is 3.63. The highest BCUT2D eigenvalue weighted by atomic mass is 32.2. The summed E-state index contributed by atoms with van der Waals surface area (Å²) in [6, 6.07) is 11.0. The van der Waals surface area contributed by atoms with Crippen LogP contribution in [0.5, 0.6) is 0 Å². The van der Waals surface area contributed by atoms with Crippen LogP contribution in [0, 0.1) is 0 Å². The van der Waals surface area contributed by atoms with Gasteiger partial charge < -0.3 is 4.90 Å². The molecule has 152 valence electrons. The van der Waals surface area contributed by atoms with Crippen LogP contribution in [0.25, 0.3) is 11.4 Å². The number of allylic oxidation sites excluding steroid dienone is 1. The molecule has 1 amide bonds. The van der Waals surface area contributed by atoms with Crippen LogP contribution in [-0.4, -0.2) is 43.7 Å². The maximum absolute atomic E-state index is 12.8. The van der Waals surface area contributed by atoms with Gasteiger partial charge in [0.1, 0.15) is 0 Å². The number of aromatic nitrogens is 4. The lowest BCUT2D eigenvalue weighted by Crippen LogP contribution is -2.23. The minimum Gasteiger partial charge on any atom is -0.312 e. The molecule has 0 N–H and O–H groups in total. The van der Waals surface area contributed by atoms with Gasteiger partial charge in [-0.2, -0.15) is 0 Å². The monoisotopic (exact) mass is 419 g/mol. The fraction of sp³-hybridized carbons (Fsp3) is 0.227. The van der Waals surface area contributed by atoms with E-state index in [4.69, 9.17) is 0 Å². The Bertz CT molecular complexity index is 1080. The van der Waals surface area contributed by atoms with Gasteiger partial charge in [0.2, 0.25) is 5.91 Å². The van der Waals surface area contributed by atoms with Crippen LogP contribution in [0.1, 0.15) is 23.2 Å². The molecular formula is C22H21N5O2S. The molecule has 0 unspecified atom stereocenters. The number of nitrogens with zero attached hydrogens (tertiary/aromatic N) is 5. The van der Waals surface area contributed by atoms with Crippen molar-refractivity contribution in [3.8, 4) is 11.4 Å². The molecule has 0 saturated carbocycles. The number of carbonyl (C=O) groups is 2. The molecule has 1 aliphatic heterocycles. The summed E-state index contributed by atoms with van der Waals surface area (Å²) in [5.74, 6) is 0.992. The van der Waals surface area contributed by atoms with Crippen LogP contribution >= 0.6 is 11.8 Å². The molecule has 7 nitrogen and oxygen atoms in total. The fourth-order valence-electron chi connectivity index (χ4n) is 3.38. The highest BCUT2D eigenvalue weighted by Crippen LogP contribution is 2.26. The maximum Gasteiger partial charge on any atom is 0.227 e. The number of hydrogen-bond acceptors (Lipinski definition) is 6. The van der Waals surface area contributed by atoms with Gasteiger partial charge in [-0.15, -0.1) is 16.8 Å². The van der Waals surface area contributed by atoms with E-state index >= 15 is 0 Å². The topological polar surface area (TPSA) is 81.0 Å². The molecule has 0 radical (unpaired) electrons. The lowest BCUT2D eigenvalue weighted by molar-refractivity contribution is -0.117. The van der Waals surface area contributed by atoms with E-state index in [0.29, 0.717) is 36.1 Å². The van der Waals surface area contributed by atoms with Gasteiger partial charge in [-0.25, -0.2) is 0 Å². The van der Waals surface area contributed by atoms with Crippen LogP contribution in [0.2, 0.25) is 0 Å². The van der Waals surface area contributed by atoms with E-state index in [1.807, 2.05) is 28.8 Å². The first-order chi connectivity index (χ1) is 14.7. The van der Waals surface area contributed by atoms with Crippen LogP contribution in [0.15, 0.2) is 66.6 Å². The minimum absolute atomic E-state index is 0.0235. The van der Waals surface area contributed by atoms with Crippen molar-refractivity contribution in [2.24, 2.45) is 0 Å². The third-order valence-corrected chi connectivity index (χ3v) is 5.80. The molecule has 3 heterocycles. The fourth-order valence-corrected chi connectivity index (χ4v) is 4.22. The molecule has 3 aromatic rings. The Morgan fingerprint density at radius 2 is 2.13 bits per heavy atom. The van der Waals surface area contributed by atoms with Crippen molar-refractivity contribution in [3.63, 3.8) is 0 Å². The molecule has 8 heteroatoms. The SMILES string of the molecule is C=CCn1c(SCC(=O)c2cccc(N3CCCC3=O)c2)nnc1-c1cccnc1. The first kappa shape index (κ1) is 20.0. The van der Waals surface area contributed by atoms with Crippen molar-refractivity contribution in [2.45, 2.75) is 24.5 Å². The Labute approximate surface area is 178 Å². The molecule has 30 heavy (non-hydrogen) atoms. The van der Waals surface area contributed by atoms with Gasteiger partial charge in [0.25, 0.3) is 0 Å². The van der Waals surface area contributed by atoms with Crippen molar-refractivity contribution >= 4 is 29.1 Å². The van der Waals surface area contributed by atoms with E-state index in [2.05, 4.69) is 21.8 Å². The number of amides is 1. The van der Waals surface area contributed by atoms with E-state index in [9.17, 15) is 9.59 Å². The van der Waals surface area contributed by atoms with Crippen molar-refractivity contribution in [2.75, 3.05) is 17.2 Å². The van der Waals surface area contributed by atoms with E-state index in [0.717, 1.165) is 17.7 Å². The van der Waals surface area contributed by atoms with Gasteiger partial charge in [0, 0.05) is 48.7 Å². The van der Waals surface area contributed by atoms with Crippen molar-refractivity contribution in [1.82, 2.24) is 19.7 Å². The largest absolute Gasteiger partial charge is 0.312 e. The summed E-state index contributed by atoms with van der Waals surface area (Å²) in [7, 11) is 0. The zero-order valence-corrected chi connectivity index (χ0v) is 17.2. The number of carbonyl (C=O) groups excluding carboxylic acids is 2. The Balaban J connectivity index is 1.50. The number of rotatable bonds is 8. The lowest BCUT2D eigenvalue weighted by Gasteiger charge is -2.16. The molecule has 1 fully saturated rings. The third-order valence-electron chi connectivity index (χ3n) is 4.83. The van der Waals surface area contributed by atoms with E-state index in [1.165, 1.54) is 11.8 Å². The normalized spacial score (nSPS) is 13.6. The molecule has 4 rings (SSSR count). The Morgan fingerprint density at radius 1 is 1.23 bits per heavy atom. The number of hydrogen-bond donors (Lipinski definition) is 0. The summed E-state index contributed by atoms with van der Waals surface area (Å²) >= 11 is 1.34. The van der Waals surface area contributed by atoms with Crippen molar-refractivity contribution in [3.05, 3.63) is 67.0 Å². The van der Waals surface area contributed by atoms with Crippen LogP contribution in [0.3, 0.4) is 0 Å². The predicted molar refractivity (Wildman–Crippen MR) is 117 cm³/mol. The van der Waals surface area contributed by atoms with Crippen LogP contribution < -0.4 is 4.90 Å². The number of pyridine rings is 1. The van der Waals surface area contributed by atoms with Gasteiger partial charge in [0.15, 0.2) is 16.8 Å². The standard InChI is InChI=1S/C22H21N5O2S/c1-2-11-27-21(17-7-4-10-23-14-17)24-25-22(27)30-15-19(28)16-6-3-8-18(13-16)26-12-5-9-20(26)29/h2-4,6-8,10,13-14H,1,5,9,11-12,15H2. The summed E-state index contributed by atoms with van der Waals surface area (Å²) in [5, 5.41) is 9.19. The van der Waals surface area contributed by atoms with Gasteiger partial charge >= 0.3 is 0 Å². The van der Waals surface area contributed by atoms with Gasteiger partial charge in [0.05, 0.1) is 5.75 Å². The zero-order valence-electron chi connectivity index (χ0n) is 16.4. The molecule has 1 aliphatic rings. The van der Waals surface area contributed by atoms with Crippen molar-refractivity contribution < 1.29 is 9.59 Å². The number of Topliss-reactive ketones (excluding diaryl/α,β-unsaturated/α-hetero) is 1. The summed E-state index contributed by atoms with van der Waals surface area (Å²) in [6.45, 7) is 5.04. The van der Waals surface area contributed by atoms with E-state index < -0.39 is 0 Å². The molecule has 1 saturated heterocycles. The molecular weight excluding hydrogens is 398 g/mol. The maximum atomic E-state index is 12.8. The Kier molecular flexibility index (Phi) is 6.04. The second-order valence-electron chi connectivity index (χ2n) is 6.86. The summed E-state index contributed by atoms with van der Waals surface area (Å²) in [5.41, 5.74) is 2.22. The number of anilines is 1. The number of ketones is 1. The number of benzene rings is 1. The summed E-state index contributed by atoms with van der Waals surface area (Å²) in [4.78, 5) is 30.7. The average molecular weight is 420 g/mol.